The third kappa shape index (κ3) is 2.95. The zero-order valence-corrected chi connectivity index (χ0v) is 11.4. The van der Waals surface area contributed by atoms with Crippen molar-refractivity contribution in [1.29, 1.82) is 0 Å². The minimum Gasteiger partial charge on any atom is -0.481 e. The summed E-state index contributed by atoms with van der Waals surface area (Å²) in [6.07, 6.45) is 3.43. The molecule has 3 rings (SSSR count). The fourth-order valence-corrected chi connectivity index (χ4v) is 2.91. The van der Waals surface area contributed by atoms with Gasteiger partial charge in [0, 0.05) is 31.4 Å². The Bertz CT molecular complexity index is 612. The molecule has 6 heteroatoms. The Hall–Kier alpha value is -2.21. The molecule has 0 radical (unpaired) electrons. The van der Waals surface area contributed by atoms with E-state index in [1.54, 1.807) is 24.5 Å². The standard InChI is InChI=1S/C15H16FN3O2/c16-11-3-1-10(2-4-11)12-7-19(8-13(12)15(20)21)9-14-17-5-6-18-14/h1-6,12-13H,7-9H2,(H,17,18)(H,20,21)/t12-,13+/m0/s1. The monoisotopic (exact) mass is 289 g/mol. The van der Waals surface area contributed by atoms with E-state index >= 15 is 0 Å². The molecule has 1 saturated heterocycles. The van der Waals surface area contributed by atoms with Crippen molar-refractivity contribution < 1.29 is 14.3 Å². The van der Waals surface area contributed by atoms with Crippen LogP contribution in [0.15, 0.2) is 36.7 Å². The number of carboxylic acids is 1. The smallest absolute Gasteiger partial charge is 0.308 e. The van der Waals surface area contributed by atoms with Crippen molar-refractivity contribution in [3.8, 4) is 0 Å². The number of aromatic amines is 1. The molecule has 1 aliphatic rings. The second kappa shape index (κ2) is 5.65. The number of aromatic nitrogens is 2. The first-order valence-corrected chi connectivity index (χ1v) is 6.82. The van der Waals surface area contributed by atoms with Crippen molar-refractivity contribution in [1.82, 2.24) is 14.9 Å². The van der Waals surface area contributed by atoms with Crippen molar-refractivity contribution in [3.63, 3.8) is 0 Å². The van der Waals surface area contributed by atoms with Gasteiger partial charge in [0.05, 0.1) is 12.5 Å². The van der Waals surface area contributed by atoms with Crippen molar-refractivity contribution in [2.45, 2.75) is 12.5 Å². The fourth-order valence-electron chi connectivity index (χ4n) is 2.91. The Kier molecular flexibility index (Phi) is 3.70. The molecule has 2 N–H and O–H groups in total. The third-order valence-corrected chi connectivity index (χ3v) is 3.94. The molecule has 2 aromatic rings. The summed E-state index contributed by atoms with van der Waals surface area (Å²) in [5.74, 6) is -0.912. The predicted molar refractivity (Wildman–Crippen MR) is 74.1 cm³/mol. The van der Waals surface area contributed by atoms with Crippen LogP contribution in [0.1, 0.15) is 17.3 Å². The SMILES string of the molecule is O=C(O)[C@@H]1CN(Cc2ncc[nH]2)C[C@H]1c1ccc(F)cc1. The Labute approximate surface area is 121 Å². The third-order valence-electron chi connectivity index (χ3n) is 3.94. The van der Waals surface area contributed by atoms with E-state index in [4.69, 9.17) is 0 Å². The first kappa shape index (κ1) is 13.8. The van der Waals surface area contributed by atoms with Crippen LogP contribution in [0.4, 0.5) is 4.39 Å². The summed E-state index contributed by atoms with van der Waals surface area (Å²) in [5.41, 5.74) is 0.866. The van der Waals surface area contributed by atoms with Gasteiger partial charge in [-0.2, -0.15) is 0 Å². The second-order valence-electron chi connectivity index (χ2n) is 5.33. The minimum atomic E-state index is -0.814. The van der Waals surface area contributed by atoms with Gasteiger partial charge < -0.3 is 10.1 Å². The van der Waals surface area contributed by atoms with Gasteiger partial charge in [0.2, 0.25) is 0 Å². The summed E-state index contributed by atoms with van der Waals surface area (Å²) in [6.45, 7) is 1.69. The number of imidazole rings is 1. The van der Waals surface area contributed by atoms with Crippen LogP contribution in [0.3, 0.4) is 0 Å². The molecule has 2 atom stereocenters. The molecule has 0 amide bonds. The Balaban J connectivity index is 1.78. The number of hydrogen-bond acceptors (Lipinski definition) is 3. The van der Waals surface area contributed by atoms with Crippen molar-refractivity contribution in [2.24, 2.45) is 5.92 Å². The number of rotatable bonds is 4. The molecule has 0 unspecified atom stereocenters. The highest BCUT2D eigenvalue weighted by Gasteiger charge is 2.38. The molecular formula is C15H16FN3O2. The molecule has 2 heterocycles. The van der Waals surface area contributed by atoms with Gasteiger partial charge >= 0.3 is 5.97 Å². The van der Waals surface area contributed by atoms with Crippen molar-refractivity contribution >= 4 is 5.97 Å². The highest BCUT2D eigenvalue weighted by atomic mass is 19.1. The van der Waals surface area contributed by atoms with Crippen LogP contribution in [-0.2, 0) is 11.3 Å². The molecule has 0 saturated carbocycles. The number of hydrogen-bond donors (Lipinski definition) is 2. The Morgan fingerprint density at radius 1 is 1.38 bits per heavy atom. The maximum absolute atomic E-state index is 13.0. The highest BCUT2D eigenvalue weighted by molar-refractivity contribution is 5.72. The molecule has 0 spiro atoms. The molecule has 1 aromatic heterocycles. The van der Waals surface area contributed by atoms with Crippen LogP contribution in [-0.4, -0.2) is 39.0 Å². The van der Waals surface area contributed by atoms with Crippen molar-refractivity contribution in [2.75, 3.05) is 13.1 Å². The maximum atomic E-state index is 13.0. The summed E-state index contributed by atoms with van der Waals surface area (Å²) < 4.78 is 13.0. The van der Waals surface area contributed by atoms with E-state index in [9.17, 15) is 14.3 Å². The molecule has 0 bridgehead atoms. The summed E-state index contributed by atoms with van der Waals surface area (Å²) in [7, 11) is 0. The molecular weight excluding hydrogens is 273 g/mol. The summed E-state index contributed by atoms with van der Waals surface area (Å²) in [6, 6.07) is 6.10. The molecule has 1 aromatic carbocycles. The zero-order chi connectivity index (χ0) is 14.8. The number of likely N-dealkylation sites (tertiary alicyclic amines) is 1. The average Bonchev–Trinajstić information content (AvgIpc) is 3.10. The average molecular weight is 289 g/mol. The molecule has 110 valence electrons. The lowest BCUT2D eigenvalue weighted by molar-refractivity contribution is -0.141. The highest BCUT2D eigenvalue weighted by Crippen LogP contribution is 2.33. The fraction of sp³-hybridized carbons (Fsp3) is 0.333. The number of nitrogens with one attached hydrogen (secondary N) is 1. The van der Waals surface area contributed by atoms with Crippen LogP contribution >= 0.6 is 0 Å². The molecule has 1 fully saturated rings. The quantitative estimate of drug-likeness (QED) is 0.901. The lowest BCUT2D eigenvalue weighted by Crippen LogP contribution is -2.23. The van der Waals surface area contributed by atoms with E-state index in [-0.39, 0.29) is 11.7 Å². The van der Waals surface area contributed by atoms with Crippen LogP contribution in [0.25, 0.3) is 0 Å². The van der Waals surface area contributed by atoms with Crippen LogP contribution < -0.4 is 0 Å². The second-order valence-corrected chi connectivity index (χ2v) is 5.33. The largest absolute Gasteiger partial charge is 0.481 e. The number of benzene rings is 1. The predicted octanol–water partition coefficient (Wildman–Crippen LogP) is 1.85. The van der Waals surface area contributed by atoms with Gasteiger partial charge in [-0.05, 0) is 17.7 Å². The zero-order valence-electron chi connectivity index (χ0n) is 11.4. The van der Waals surface area contributed by atoms with E-state index in [1.807, 2.05) is 0 Å². The van der Waals surface area contributed by atoms with Gasteiger partial charge in [-0.1, -0.05) is 12.1 Å². The minimum absolute atomic E-state index is 0.127. The van der Waals surface area contributed by atoms with Gasteiger partial charge in [-0.25, -0.2) is 9.37 Å². The van der Waals surface area contributed by atoms with E-state index in [1.165, 1.54) is 12.1 Å². The van der Waals surface area contributed by atoms with Gasteiger partial charge in [0.15, 0.2) is 0 Å². The lowest BCUT2D eigenvalue weighted by Gasteiger charge is -2.15. The van der Waals surface area contributed by atoms with Gasteiger partial charge in [0.25, 0.3) is 0 Å². The van der Waals surface area contributed by atoms with Crippen LogP contribution in [0.5, 0.6) is 0 Å². The lowest BCUT2D eigenvalue weighted by atomic mass is 9.89. The number of carbonyl (C=O) groups is 1. The van der Waals surface area contributed by atoms with E-state index in [0.717, 1.165) is 11.4 Å². The number of nitrogens with zero attached hydrogens (tertiary/aromatic N) is 2. The Morgan fingerprint density at radius 2 is 2.14 bits per heavy atom. The molecule has 21 heavy (non-hydrogen) atoms. The van der Waals surface area contributed by atoms with Gasteiger partial charge in [-0.3, -0.25) is 9.69 Å². The first-order chi connectivity index (χ1) is 10.1. The number of aliphatic carboxylic acids is 1. The first-order valence-electron chi connectivity index (χ1n) is 6.82. The number of carboxylic acid groups (broad SMARTS) is 1. The van der Waals surface area contributed by atoms with E-state index in [0.29, 0.717) is 19.6 Å². The van der Waals surface area contributed by atoms with Crippen molar-refractivity contribution in [3.05, 3.63) is 53.9 Å². The normalized spacial score (nSPS) is 22.5. The van der Waals surface area contributed by atoms with E-state index < -0.39 is 11.9 Å². The molecule has 0 aliphatic carbocycles. The number of halogens is 1. The van der Waals surface area contributed by atoms with Gasteiger partial charge in [-0.15, -0.1) is 0 Å². The molecule has 1 aliphatic heterocycles. The summed E-state index contributed by atoms with van der Waals surface area (Å²) in [5, 5.41) is 9.42. The van der Waals surface area contributed by atoms with Gasteiger partial charge in [0.1, 0.15) is 11.6 Å². The summed E-state index contributed by atoms with van der Waals surface area (Å²) >= 11 is 0. The van der Waals surface area contributed by atoms with E-state index in [2.05, 4.69) is 14.9 Å². The van der Waals surface area contributed by atoms with Crippen LogP contribution in [0.2, 0.25) is 0 Å². The summed E-state index contributed by atoms with van der Waals surface area (Å²) in [4.78, 5) is 20.7. The van der Waals surface area contributed by atoms with Crippen LogP contribution in [0, 0.1) is 11.7 Å². The molecule has 5 nitrogen and oxygen atoms in total. The number of H-pyrrole nitrogens is 1. The Morgan fingerprint density at radius 3 is 2.76 bits per heavy atom. The topological polar surface area (TPSA) is 69.2 Å². The maximum Gasteiger partial charge on any atom is 0.308 e.